The number of carbonyl (C=O) groups excluding carboxylic acids is 4. The van der Waals surface area contributed by atoms with Gasteiger partial charge in [-0.25, -0.2) is 9.59 Å². The number of Topliss-reactive ketones (excluding diaryl/α,β-unsaturated/α-hetero) is 1. The highest BCUT2D eigenvalue weighted by molar-refractivity contribution is 5.95. The first-order valence-electron chi connectivity index (χ1n) is 9.51. The maximum Gasteiger partial charge on any atom is 0.338 e. The number of ketones is 1. The number of fused-ring (bicyclic) bond motifs is 2. The molecule has 0 aromatic rings. The molecule has 4 unspecified atom stereocenters. The Morgan fingerprint density at radius 3 is 2.52 bits per heavy atom. The Morgan fingerprint density at radius 2 is 1.90 bits per heavy atom. The van der Waals surface area contributed by atoms with E-state index in [1.807, 2.05) is 0 Å². The zero-order valence-electron chi connectivity index (χ0n) is 16.6. The Balaban J connectivity index is 1.69. The summed E-state index contributed by atoms with van der Waals surface area (Å²) >= 11 is 0. The molecule has 8 nitrogen and oxygen atoms in total. The first-order valence-corrected chi connectivity index (χ1v) is 9.51. The summed E-state index contributed by atoms with van der Waals surface area (Å²) in [6.07, 6.45) is 1.18. The van der Waals surface area contributed by atoms with Crippen molar-refractivity contribution < 1.29 is 38.1 Å². The van der Waals surface area contributed by atoms with Gasteiger partial charge in [0, 0.05) is 30.4 Å². The van der Waals surface area contributed by atoms with E-state index in [0.29, 0.717) is 24.0 Å². The fraction of sp³-hybridized carbons (Fsp3) is 0.524. The van der Waals surface area contributed by atoms with E-state index in [-0.39, 0.29) is 11.4 Å². The van der Waals surface area contributed by atoms with Crippen LogP contribution in [0, 0.1) is 11.3 Å². The van der Waals surface area contributed by atoms with Crippen LogP contribution >= 0.6 is 0 Å². The molecule has 0 saturated carbocycles. The number of hydrogen-bond donors (Lipinski definition) is 0. The first kappa shape index (κ1) is 19.4. The fourth-order valence-electron chi connectivity index (χ4n) is 4.58. The molecule has 0 radical (unpaired) electrons. The summed E-state index contributed by atoms with van der Waals surface area (Å²) in [4.78, 5) is 48.4. The fourth-order valence-corrected chi connectivity index (χ4v) is 4.58. The number of esters is 3. The maximum atomic E-state index is 12.6. The van der Waals surface area contributed by atoms with Crippen LogP contribution in [-0.2, 0) is 38.1 Å². The molecule has 1 fully saturated rings. The summed E-state index contributed by atoms with van der Waals surface area (Å²) in [6, 6.07) is 0. The van der Waals surface area contributed by atoms with Crippen molar-refractivity contribution in [2.75, 3.05) is 0 Å². The van der Waals surface area contributed by atoms with Crippen molar-refractivity contribution in [1.82, 2.24) is 0 Å². The first-order chi connectivity index (χ1) is 13.6. The quantitative estimate of drug-likeness (QED) is 0.232. The van der Waals surface area contributed by atoms with E-state index in [0.717, 1.165) is 5.57 Å². The molecule has 29 heavy (non-hydrogen) atoms. The molecular formula is C21H22O8. The number of rotatable bonds is 3. The lowest BCUT2D eigenvalue weighted by molar-refractivity contribution is -0.152. The molecular weight excluding hydrogens is 380 g/mol. The standard InChI is InChI=1S/C21H22O8/c1-9-7-14(28-19(9)24)26-8-12-15-17(27-10(2)22)11-5-6-13(23)21(3,4)16(11)18(15)29-20(12)25/h7-8,14-15,17-18H,5-6H2,1-4H3/b12-8+. The monoisotopic (exact) mass is 402 g/mol. The zero-order valence-corrected chi connectivity index (χ0v) is 16.6. The van der Waals surface area contributed by atoms with Gasteiger partial charge in [-0.05, 0) is 38.3 Å². The van der Waals surface area contributed by atoms with Crippen molar-refractivity contribution in [2.45, 2.75) is 59.0 Å². The molecule has 4 rings (SSSR count). The summed E-state index contributed by atoms with van der Waals surface area (Å²) in [5, 5.41) is 0. The molecule has 0 aromatic heterocycles. The van der Waals surface area contributed by atoms with Crippen molar-refractivity contribution >= 4 is 23.7 Å². The second kappa shape index (κ2) is 6.57. The highest BCUT2D eigenvalue weighted by Crippen LogP contribution is 2.54. The van der Waals surface area contributed by atoms with Gasteiger partial charge in [0.25, 0.3) is 6.29 Å². The summed E-state index contributed by atoms with van der Waals surface area (Å²) in [7, 11) is 0. The molecule has 0 spiro atoms. The maximum absolute atomic E-state index is 12.6. The molecule has 154 valence electrons. The normalized spacial score (nSPS) is 33.9. The van der Waals surface area contributed by atoms with Crippen LogP contribution in [0.1, 0.15) is 40.5 Å². The average Bonchev–Trinajstić information content (AvgIpc) is 3.21. The van der Waals surface area contributed by atoms with Gasteiger partial charge in [-0.2, -0.15) is 0 Å². The number of cyclic esters (lactones) is 1. The zero-order chi connectivity index (χ0) is 21.1. The van der Waals surface area contributed by atoms with Crippen LogP contribution in [-0.4, -0.2) is 42.2 Å². The molecule has 0 N–H and O–H groups in total. The van der Waals surface area contributed by atoms with E-state index >= 15 is 0 Å². The average molecular weight is 402 g/mol. The second-order valence-electron chi connectivity index (χ2n) is 8.20. The molecule has 1 saturated heterocycles. The van der Waals surface area contributed by atoms with Crippen LogP contribution in [0.25, 0.3) is 0 Å². The van der Waals surface area contributed by atoms with Crippen LogP contribution in [0.2, 0.25) is 0 Å². The predicted molar refractivity (Wildman–Crippen MR) is 96.8 cm³/mol. The van der Waals surface area contributed by atoms with Crippen molar-refractivity contribution in [3.8, 4) is 0 Å². The lowest BCUT2D eigenvalue weighted by Crippen LogP contribution is -2.35. The Hall–Kier alpha value is -2.90. The van der Waals surface area contributed by atoms with Gasteiger partial charge in [0.2, 0.25) is 0 Å². The molecule has 0 amide bonds. The van der Waals surface area contributed by atoms with Crippen molar-refractivity contribution in [2.24, 2.45) is 11.3 Å². The van der Waals surface area contributed by atoms with Crippen LogP contribution < -0.4 is 0 Å². The molecule has 0 aromatic carbocycles. The van der Waals surface area contributed by atoms with Crippen LogP contribution in [0.5, 0.6) is 0 Å². The van der Waals surface area contributed by atoms with Crippen LogP contribution in [0.15, 0.2) is 34.6 Å². The highest BCUT2D eigenvalue weighted by Gasteiger charge is 2.60. The Morgan fingerprint density at radius 1 is 1.17 bits per heavy atom. The lowest BCUT2D eigenvalue weighted by atomic mass is 9.71. The largest absolute Gasteiger partial charge is 0.458 e. The van der Waals surface area contributed by atoms with Gasteiger partial charge < -0.3 is 18.9 Å². The van der Waals surface area contributed by atoms with Crippen molar-refractivity contribution in [1.29, 1.82) is 0 Å². The number of ether oxygens (including phenoxy) is 4. The minimum atomic E-state index is -0.934. The van der Waals surface area contributed by atoms with E-state index in [9.17, 15) is 19.2 Å². The van der Waals surface area contributed by atoms with E-state index in [1.54, 1.807) is 20.8 Å². The summed E-state index contributed by atoms with van der Waals surface area (Å²) in [6.45, 7) is 6.50. The second-order valence-corrected chi connectivity index (χ2v) is 8.20. The van der Waals surface area contributed by atoms with E-state index in [4.69, 9.17) is 18.9 Å². The number of hydrogen-bond acceptors (Lipinski definition) is 8. The van der Waals surface area contributed by atoms with Crippen LogP contribution in [0.4, 0.5) is 0 Å². The molecule has 0 bridgehead atoms. The minimum absolute atomic E-state index is 0.0571. The molecule has 2 heterocycles. The van der Waals surface area contributed by atoms with E-state index in [1.165, 1.54) is 19.3 Å². The molecule has 8 heteroatoms. The summed E-state index contributed by atoms with van der Waals surface area (Å²) < 4.78 is 21.7. The summed E-state index contributed by atoms with van der Waals surface area (Å²) in [5.74, 6) is -2.13. The van der Waals surface area contributed by atoms with Crippen molar-refractivity contribution in [3.05, 3.63) is 34.6 Å². The van der Waals surface area contributed by atoms with Gasteiger partial charge in [0.1, 0.15) is 18.0 Å². The molecule has 2 aliphatic carbocycles. The molecule has 4 atom stereocenters. The molecule has 4 aliphatic rings. The smallest absolute Gasteiger partial charge is 0.338 e. The topological polar surface area (TPSA) is 105 Å². The lowest BCUT2D eigenvalue weighted by Gasteiger charge is -2.33. The van der Waals surface area contributed by atoms with Gasteiger partial charge in [-0.15, -0.1) is 0 Å². The number of carbonyl (C=O) groups is 4. The Kier molecular flexibility index (Phi) is 4.40. The summed E-state index contributed by atoms with van der Waals surface area (Å²) in [5.41, 5.74) is 1.33. The third-order valence-corrected chi connectivity index (χ3v) is 6.00. The van der Waals surface area contributed by atoms with E-state index < -0.39 is 47.7 Å². The van der Waals surface area contributed by atoms with Crippen molar-refractivity contribution in [3.63, 3.8) is 0 Å². The van der Waals surface area contributed by atoms with Gasteiger partial charge in [0.05, 0.1) is 17.8 Å². The van der Waals surface area contributed by atoms with Crippen LogP contribution in [0.3, 0.4) is 0 Å². The Labute approximate surface area is 167 Å². The third kappa shape index (κ3) is 2.97. The van der Waals surface area contributed by atoms with Gasteiger partial charge in [0.15, 0.2) is 0 Å². The third-order valence-electron chi connectivity index (χ3n) is 6.00. The van der Waals surface area contributed by atoms with Gasteiger partial charge in [-0.3, -0.25) is 9.59 Å². The Bertz CT molecular complexity index is 919. The van der Waals surface area contributed by atoms with E-state index in [2.05, 4.69) is 0 Å². The van der Waals surface area contributed by atoms with Gasteiger partial charge in [-0.1, -0.05) is 0 Å². The SMILES string of the molecule is CC(=O)OC1C2=C(C3OC(=O)/C(=C/OC4C=C(C)C(=O)O4)C13)C(C)(C)C(=O)CC2. The minimum Gasteiger partial charge on any atom is -0.458 e. The van der Waals surface area contributed by atoms with Gasteiger partial charge >= 0.3 is 17.9 Å². The highest BCUT2D eigenvalue weighted by atomic mass is 16.7. The predicted octanol–water partition coefficient (Wildman–Crippen LogP) is 1.89. The molecule has 2 aliphatic heterocycles.